The smallest absolute Gasteiger partial charge is 0.744 e. The number of rotatable bonds is 2. The molecule has 26 heavy (non-hydrogen) atoms. The molecule has 2 aromatic carbocycles. The molecule has 0 aliphatic carbocycles. The van der Waals surface area contributed by atoms with Crippen LogP contribution in [0.3, 0.4) is 0 Å². The number of hydrogen-bond donors (Lipinski definition) is 0. The maximum Gasteiger partial charge on any atom is 1.00 e. The Kier molecular flexibility index (Phi) is 6.98. The molecule has 0 unspecified atom stereocenters. The van der Waals surface area contributed by atoms with Crippen LogP contribution < -0.4 is 59.1 Å². The van der Waals surface area contributed by atoms with Crippen LogP contribution in [0.5, 0.6) is 0 Å². The summed E-state index contributed by atoms with van der Waals surface area (Å²) in [6.07, 6.45) is 0. The molecule has 2 aromatic heterocycles. The van der Waals surface area contributed by atoms with Crippen LogP contribution >= 0.6 is 0 Å². The molecule has 0 spiro atoms. The fourth-order valence-corrected chi connectivity index (χ4v) is 3.31. The van der Waals surface area contributed by atoms with E-state index in [1.54, 1.807) is 24.3 Å². The Balaban J connectivity index is 0.00000121. The minimum absolute atomic E-state index is 0. The molecule has 8 heteroatoms. The van der Waals surface area contributed by atoms with Gasteiger partial charge in [-0.25, -0.2) is 8.42 Å². The molecule has 4 rings (SSSR count). The molecular weight excluding hydrogens is 370 g/mol. The fourth-order valence-electron chi connectivity index (χ4n) is 2.62. The molecule has 2 heterocycles. The third-order valence-corrected chi connectivity index (χ3v) is 4.63. The van der Waals surface area contributed by atoms with Crippen molar-refractivity contribution in [2.24, 2.45) is 0 Å². The van der Waals surface area contributed by atoms with Gasteiger partial charge in [-0.2, -0.15) is 0 Å². The van der Waals surface area contributed by atoms with E-state index in [2.05, 4.69) is 16.0 Å². The normalized spacial score (nSPS) is 11.0. The van der Waals surface area contributed by atoms with Crippen molar-refractivity contribution in [2.45, 2.75) is 4.90 Å². The number of benzene rings is 2. The first-order chi connectivity index (χ1) is 11.5. The molecular formula is C18H10N2Na2O3S. The summed E-state index contributed by atoms with van der Waals surface area (Å²) >= 11 is 0. The summed E-state index contributed by atoms with van der Waals surface area (Å²) in [5, 5.41) is 1.21. The van der Waals surface area contributed by atoms with Gasteiger partial charge in [0.25, 0.3) is 0 Å². The van der Waals surface area contributed by atoms with Gasteiger partial charge in [0.1, 0.15) is 10.1 Å². The van der Waals surface area contributed by atoms with Crippen LogP contribution in [0, 0.1) is 6.07 Å². The van der Waals surface area contributed by atoms with E-state index >= 15 is 0 Å². The van der Waals surface area contributed by atoms with Gasteiger partial charge in [0.15, 0.2) is 0 Å². The Labute approximate surface area is 195 Å². The molecule has 0 amide bonds. The van der Waals surface area contributed by atoms with E-state index in [9.17, 15) is 13.0 Å². The molecule has 0 aliphatic heterocycles. The molecule has 5 nitrogen and oxygen atoms in total. The minimum atomic E-state index is -4.55. The van der Waals surface area contributed by atoms with Crippen molar-refractivity contribution in [3.05, 3.63) is 66.7 Å². The monoisotopic (exact) mass is 380 g/mol. The third-order valence-electron chi connectivity index (χ3n) is 3.73. The van der Waals surface area contributed by atoms with Gasteiger partial charge in [-0.3, -0.25) is 4.98 Å². The van der Waals surface area contributed by atoms with Crippen LogP contribution in [0.15, 0.2) is 65.6 Å². The molecule has 0 N–H and O–H groups in total. The largest absolute Gasteiger partial charge is 1.00 e. The van der Waals surface area contributed by atoms with Crippen molar-refractivity contribution in [3.63, 3.8) is 0 Å². The number of pyridine rings is 2. The van der Waals surface area contributed by atoms with Gasteiger partial charge >= 0.3 is 59.1 Å². The molecule has 4 aromatic rings. The molecule has 0 fully saturated rings. The summed E-state index contributed by atoms with van der Waals surface area (Å²) < 4.78 is 34.0. The minimum Gasteiger partial charge on any atom is -0.744 e. The van der Waals surface area contributed by atoms with Crippen molar-refractivity contribution >= 4 is 31.9 Å². The number of para-hydroxylation sites is 1. The topological polar surface area (TPSA) is 83.0 Å². The molecule has 0 saturated heterocycles. The number of hydrogen-bond acceptors (Lipinski definition) is 5. The van der Waals surface area contributed by atoms with Gasteiger partial charge < -0.3 is 9.54 Å². The summed E-state index contributed by atoms with van der Waals surface area (Å²) in [5.74, 6) is 0. The first-order valence-corrected chi connectivity index (χ1v) is 8.57. The Morgan fingerprint density at radius 2 is 1.50 bits per heavy atom. The second kappa shape index (κ2) is 8.46. The standard InChI is InChI=1S/C18H11N2O3S.2Na/c21-24(22,23)18-7-3-6-15-13(18)9-11-17(20-15)16-10-8-12-4-1-2-5-14(12)19-16;;/h1-7,9-11H,(H,21,22,23);;/q-1;2*+1/p-1. The molecule has 0 aliphatic rings. The van der Waals surface area contributed by atoms with Crippen LogP contribution in [0.2, 0.25) is 0 Å². The van der Waals surface area contributed by atoms with Crippen molar-refractivity contribution < 1.29 is 72.1 Å². The predicted octanol–water partition coefficient (Wildman–Crippen LogP) is -2.84. The summed E-state index contributed by atoms with van der Waals surface area (Å²) in [6, 6.07) is 20.2. The Morgan fingerprint density at radius 1 is 0.808 bits per heavy atom. The zero-order valence-electron chi connectivity index (χ0n) is 14.3. The zero-order valence-corrected chi connectivity index (χ0v) is 19.1. The van der Waals surface area contributed by atoms with E-state index in [1.807, 2.05) is 24.3 Å². The van der Waals surface area contributed by atoms with Crippen molar-refractivity contribution in [2.75, 3.05) is 0 Å². The van der Waals surface area contributed by atoms with E-state index in [0.29, 0.717) is 22.3 Å². The van der Waals surface area contributed by atoms with E-state index in [-0.39, 0.29) is 64.0 Å². The van der Waals surface area contributed by atoms with Crippen molar-refractivity contribution in [1.82, 2.24) is 9.97 Å². The molecule has 0 saturated carbocycles. The maximum atomic E-state index is 11.3. The molecule has 0 bridgehead atoms. The van der Waals surface area contributed by atoms with E-state index in [1.165, 1.54) is 12.1 Å². The average Bonchev–Trinajstić information content (AvgIpc) is 2.59. The Hall–Kier alpha value is -0.830. The molecule has 118 valence electrons. The number of fused-ring (bicyclic) bond motifs is 2. The van der Waals surface area contributed by atoms with Gasteiger partial charge in [0.05, 0.1) is 10.4 Å². The summed E-state index contributed by atoms with van der Waals surface area (Å²) in [4.78, 5) is 8.72. The van der Waals surface area contributed by atoms with E-state index in [0.717, 1.165) is 10.9 Å². The van der Waals surface area contributed by atoms with Crippen LogP contribution in [-0.2, 0) is 10.1 Å². The second-order valence-electron chi connectivity index (χ2n) is 5.28. The number of nitrogens with zero attached hydrogens (tertiary/aromatic N) is 2. The van der Waals surface area contributed by atoms with E-state index < -0.39 is 10.1 Å². The van der Waals surface area contributed by atoms with Gasteiger partial charge in [0.2, 0.25) is 0 Å². The predicted molar refractivity (Wildman–Crippen MR) is 89.3 cm³/mol. The zero-order chi connectivity index (χ0) is 16.7. The Morgan fingerprint density at radius 3 is 2.27 bits per heavy atom. The SMILES string of the molecule is O=S(=O)([O-])c1cccc2nc(-c3c[c-]c4ccccc4n3)ccc12.[Na+].[Na+]. The Bertz CT molecular complexity index is 1200. The third kappa shape index (κ3) is 4.18. The van der Waals surface area contributed by atoms with Crippen molar-refractivity contribution in [3.8, 4) is 11.4 Å². The maximum absolute atomic E-state index is 11.3. The first kappa shape index (κ1) is 21.5. The summed E-state index contributed by atoms with van der Waals surface area (Å²) in [6.45, 7) is 0. The average molecular weight is 380 g/mol. The van der Waals surface area contributed by atoms with Gasteiger partial charge in [0, 0.05) is 16.8 Å². The van der Waals surface area contributed by atoms with Crippen LogP contribution in [0.25, 0.3) is 33.2 Å². The van der Waals surface area contributed by atoms with Gasteiger partial charge in [-0.15, -0.1) is 29.7 Å². The summed E-state index contributed by atoms with van der Waals surface area (Å²) in [7, 11) is -4.55. The van der Waals surface area contributed by atoms with Crippen molar-refractivity contribution in [1.29, 1.82) is 0 Å². The van der Waals surface area contributed by atoms with E-state index in [4.69, 9.17) is 0 Å². The molecule has 0 atom stereocenters. The number of aromatic nitrogens is 2. The van der Waals surface area contributed by atoms with Gasteiger partial charge in [-0.05, 0) is 23.7 Å². The van der Waals surface area contributed by atoms with Crippen LogP contribution in [0.1, 0.15) is 0 Å². The first-order valence-electron chi connectivity index (χ1n) is 7.16. The molecule has 0 radical (unpaired) electrons. The van der Waals surface area contributed by atoms with Crippen LogP contribution in [0.4, 0.5) is 0 Å². The van der Waals surface area contributed by atoms with Crippen LogP contribution in [-0.4, -0.2) is 22.9 Å². The van der Waals surface area contributed by atoms with Gasteiger partial charge in [-0.1, -0.05) is 24.3 Å². The quantitative estimate of drug-likeness (QED) is 0.213. The second-order valence-corrected chi connectivity index (χ2v) is 6.62. The summed E-state index contributed by atoms with van der Waals surface area (Å²) in [5.41, 5.74) is 2.45. The fraction of sp³-hybridized carbons (Fsp3) is 0.